The largest absolute Gasteiger partial charge is 0.384 e. The number of nitrogens with zero attached hydrogens (tertiary/aromatic N) is 2. The van der Waals surface area contributed by atoms with Crippen LogP contribution in [0, 0.1) is 10.1 Å². The van der Waals surface area contributed by atoms with Crippen molar-refractivity contribution in [2.24, 2.45) is 4.99 Å². The molecule has 0 aliphatic heterocycles. The summed E-state index contributed by atoms with van der Waals surface area (Å²) in [4.78, 5) is 14.8. The Morgan fingerprint density at radius 2 is 2.20 bits per heavy atom. The number of rotatable bonds is 7. The fourth-order valence-corrected chi connectivity index (χ4v) is 2.99. The van der Waals surface area contributed by atoms with E-state index in [0.717, 1.165) is 11.1 Å². The zero-order valence-corrected chi connectivity index (χ0v) is 15.0. The van der Waals surface area contributed by atoms with Crippen LogP contribution < -0.4 is 10.6 Å². The van der Waals surface area contributed by atoms with E-state index in [0.29, 0.717) is 25.6 Å². The lowest BCUT2D eigenvalue weighted by atomic mass is 9.99. The number of aliphatic hydroxyl groups is 1. The molecule has 0 aliphatic rings. The molecule has 1 unspecified atom stereocenters. The normalized spacial score (nSPS) is 14.0. The molecule has 0 saturated carbocycles. The van der Waals surface area contributed by atoms with E-state index in [1.165, 1.54) is 23.5 Å². The van der Waals surface area contributed by atoms with Crippen LogP contribution in [0.25, 0.3) is 0 Å². The van der Waals surface area contributed by atoms with E-state index in [1.807, 2.05) is 23.8 Å². The average Bonchev–Trinajstić information content (AvgIpc) is 3.13. The lowest BCUT2D eigenvalue weighted by Crippen LogP contribution is -2.44. The summed E-state index contributed by atoms with van der Waals surface area (Å²) in [6, 6.07) is 8.29. The number of benzene rings is 1. The van der Waals surface area contributed by atoms with Crippen molar-refractivity contribution in [1.82, 2.24) is 10.6 Å². The lowest BCUT2D eigenvalue weighted by Gasteiger charge is -2.24. The lowest BCUT2D eigenvalue weighted by molar-refractivity contribution is -0.384. The Morgan fingerprint density at radius 3 is 2.84 bits per heavy atom. The van der Waals surface area contributed by atoms with Gasteiger partial charge >= 0.3 is 0 Å². The predicted octanol–water partition coefficient (Wildman–Crippen LogP) is 2.62. The average molecular weight is 362 g/mol. The van der Waals surface area contributed by atoms with Gasteiger partial charge in [0.2, 0.25) is 0 Å². The van der Waals surface area contributed by atoms with Crippen molar-refractivity contribution in [2.75, 3.05) is 13.1 Å². The molecule has 2 rings (SSSR count). The zero-order valence-electron chi connectivity index (χ0n) is 14.2. The number of nitrogens with one attached hydrogen (secondary N) is 2. The summed E-state index contributed by atoms with van der Waals surface area (Å²) in [5.74, 6) is 0.546. The second-order valence-electron chi connectivity index (χ2n) is 5.76. The molecule has 1 atom stereocenters. The SMILES string of the molecule is CCNC(=NCc1cccc([N+](=O)[O-])c1)NCC(C)(O)c1ccsc1. The Balaban J connectivity index is 2.03. The summed E-state index contributed by atoms with van der Waals surface area (Å²) in [7, 11) is 0. The van der Waals surface area contributed by atoms with Gasteiger partial charge in [-0.25, -0.2) is 4.99 Å². The quantitative estimate of drug-likeness (QED) is 0.304. The van der Waals surface area contributed by atoms with Gasteiger partial charge in [-0.3, -0.25) is 10.1 Å². The third-order valence-electron chi connectivity index (χ3n) is 3.63. The second-order valence-corrected chi connectivity index (χ2v) is 6.54. The third kappa shape index (κ3) is 5.54. The highest BCUT2D eigenvalue weighted by molar-refractivity contribution is 7.08. The van der Waals surface area contributed by atoms with Crippen molar-refractivity contribution in [2.45, 2.75) is 26.0 Å². The second kappa shape index (κ2) is 8.59. The van der Waals surface area contributed by atoms with Gasteiger partial charge in [-0.15, -0.1) is 0 Å². The molecule has 3 N–H and O–H groups in total. The van der Waals surface area contributed by atoms with Crippen LogP contribution in [-0.2, 0) is 12.1 Å². The summed E-state index contributed by atoms with van der Waals surface area (Å²) >= 11 is 1.53. The summed E-state index contributed by atoms with van der Waals surface area (Å²) in [6.07, 6.45) is 0. The minimum atomic E-state index is -1.01. The Hall–Kier alpha value is -2.45. The Kier molecular flexibility index (Phi) is 6.49. The van der Waals surface area contributed by atoms with Crippen molar-refractivity contribution < 1.29 is 10.0 Å². The third-order valence-corrected chi connectivity index (χ3v) is 4.31. The molecule has 7 nitrogen and oxygen atoms in total. The van der Waals surface area contributed by atoms with Crippen molar-refractivity contribution in [3.8, 4) is 0 Å². The summed E-state index contributed by atoms with van der Waals surface area (Å²) in [6.45, 7) is 4.96. The molecule has 0 spiro atoms. The molecule has 8 heteroatoms. The van der Waals surface area contributed by atoms with Crippen LogP contribution in [0.2, 0.25) is 0 Å². The van der Waals surface area contributed by atoms with E-state index in [4.69, 9.17) is 0 Å². The number of thiophene rings is 1. The molecule has 1 heterocycles. The highest BCUT2D eigenvalue weighted by Gasteiger charge is 2.23. The van der Waals surface area contributed by atoms with E-state index < -0.39 is 10.5 Å². The first kappa shape index (κ1) is 18.9. The molecule has 0 aliphatic carbocycles. The number of nitro groups is 1. The number of nitro benzene ring substituents is 1. The summed E-state index contributed by atoms with van der Waals surface area (Å²) < 4.78 is 0. The fourth-order valence-electron chi connectivity index (χ4n) is 2.21. The van der Waals surface area contributed by atoms with E-state index >= 15 is 0 Å². The maximum absolute atomic E-state index is 10.8. The molecule has 0 amide bonds. The highest BCUT2D eigenvalue weighted by atomic mass is 32.1. The molecule has 1 aromatic carbocycles. The van der Waals surface area contributed by atoms with Crippen LogP contribution in [0.5, 0.6) is 0 Å². The van der Waals surface area contributed by atoms with Crippen LogP contribution in [-0.4, -0.2) is 29.1 Å². The smallest absolute Gasteiger partial charge is 0.269 e. The summed E-state index contributed by atoms with van der Waals surface area (Å²) in [5.41, 5.74) is 0.628. The maximum atomic E-state index is 10.8. The molecular formula is C17H22N4O3S. The zero-order chi connectivity index (χ0) is 18.3. The number of hydrogen-bond donors (Lipinski definition) is 3. The topological polar surface area (TPSA) is 99.8 Å². The van der Waals surface area contributed by atoms with Crippen LogP contribution in [0.3, 0.4) is 0 Å². The number of hydrogen-bond acceptors (Lipinski definition) is 5. The maximum Gasteiger partial charge on any atom is 0.269 e. The molecule has 1 aromatic heterocycles. The molecule has 2 aromatic rings. The van der Waals surface area contributed by atoms with Gasteiger partial charge in [-0.05, 0) is 41.8 Å². The minimum Gasteiger partial charge on any atom is -0.384 e. The first-order chi connectivity index (χ1) is 11.9. The Bertz CT molecular complexity index is 729. The van der Waals surface area contributed by atoms with Gasteiger partial charge in [0, 0.05) is 18.7 Å². The van der Waals surface area contributed by atoms with Gasteiger partial charge in [-0.1, -0.05) is 12.1 Å². The van der Waals surface area contributed by atoms with Crippen molar-refractivity contribution in [1.29, 1.82) is 0 Å². The molecule has 25 heavy (non-hydrogen) atoms. The van der Waals surface area contributed by atoms with Crippen molar-refractivity contribution in [3.05, 3.63) is 62.3 Å². The van der Waals surface area contributed by atoms with E-state index in [2.05, 4.69) is 15.6 Å². The standard InChI is InChI=1S/C17H22N4O3S/c1-3-18-16(20-12-17(2,22)14-7-8-25-11-14)19-10-13-5-4-6-15(9-13)21(23)24/h4-9,11,22H,3,10,12H2,1-2H3,(H2,18,19,20). The number of aliphatic imine (C=N–C) groups is 1. The first-order valence-corrected chi connectivity index (χ1v) is 8.87. The van der Waals surface area contributed by atoms with Crippen LogP contribution >= 0.6 is 11.3 Å². The van der Waals surface area contributed by atoms with Crippen LogP contribution in [0.4, 0.5) is 5.69 Å². The Labute approximate surface area is 150 Å². The molecule has 0 fully saturated rings. The van der Waals surface area contributed by atoms with Gasteiger partial charge in [0.25, 0.3) is 5.69 Å². The monoisotopic (exact) mass is 362 g/mol. The van der Waals surface area contributed by atoms with E-state index in [9.17, 15) is 15.2 Å². The molecular weight excluding hydrogens is 340 g/mol. The van der Waals surface area contributed by atoms with Gasteiger partial charge < -0.3 is 15.7 Å². The van der Waals surface area contributed by atoms with Gasteiger partial charge in [0.15, 0.2) is 5.96 Å². The molecule has 0 radical (unpaired) electrons. The highest BCUT2D eigenvalue weighted by Crippen LogP contribution is 2.22. The summed E-state index contributed by atoms with van der Waals surface area (Å²) in [5, 5.41) is 31.5. The Morgan fingerprint density at radius 1 is 1.40 bits per heavy atom. The number of non-ortho nitro benzene ring substituents is 1. The molecule has 134 valence electrons. The van der Waals surface area contributed by atoms with Crippen molar-refractivity contribution >= 4 is 23.0 Å². The van der Waals surface area contributed by atoms with Gasteiger partial charge in [0.05, 0.1) is 18.0 Å². The van der Waals surface area contributed by atoms with Gasteiger partial charge in [0.1, 0.15) is 5.60 Å². The fraction of sp³-hybridized carbons (Fsp3) is 0.353. The van der Waals surface area contributed by atoms with Crippen LogP contribution in [0.15, 0.2) is 46.1 Å². The molecule has 0 bridgehead atoms. The van der Waals surface area contributed by atoms with E-state index in [-0.39, 0.29) is 5.69 Å². The van der Waals surface area contributed by atoms with Crippen LogP contribution in [0.1, 0.15) is 25.0 Å². The first-order valence-electron chi connectivity index (χ1n) is 7.93. The number of guanidine groups is 1. The van der Waals surface area contributed by atoms with E-state index in [1.54, 1.807) is 19.1 Å². The molecule has 0 saturated heterocycles. The predicted molar refractivity (Wildman–Crippen MR) is 99.8 cm³/mol. The van der Waals surface area contributed by atoms with Crippen molar-refractivity contribution in [3.63, 3.8) is 0 Å². The van der Waals surface area contributed by atoms with Gasteiger partial charge in [-0.2, -0.15) is 11.3 Å². The minimum absolute atomic E-state index is 0.0473.